The standard InChI is InChI=1S/C25H33FN6O2/c1-6-25(2,3)32-24(27-28-29-32)23(21-17-20(33-4)11-12-22(21)34-5)31-15-13-30(14-16-31)19-9-7-18(26)8-10-19/h7-12,17,23H,6,13-16H2,1-5H3. The van der Waals surface area contributed by atoms with Gasteiger partial charge in [-0.25, -0.2) is 9.07 Å². The van der Waals surface area contributed by atoms with Crippen LogP contribution in [0.1, 0.15) is 44.6 Å². The van der Waals surface area contributed by atoms with E-state index in [0.29, 0.717) is 0 Å². The molecule has 1 unspecified atom stereocenters. The van der Waals surface area contributed by atoms with E-state index < -0.39 is 0 Å². The second-order valence-electron chi connectivity index (χ2n) is 9.12. The van der Waals surface area contributed by atoms with Crippen molar-refractivity contribution in [2.24, 2.45) is 0 Å². The molecule has 1 atom stereocenters. The molecule has 2 aromatic carbocycles. The Hall–Kier alpha value is -3.20. The van der Waals surface area contributed by atoms with Crippen molar-refractivity contribution in [1.82, 2.24) is 25.1 Å². The largest absolute Gasteiger partial charge is 0.497 e. The van der Waals surface area contributed by atoms with Crippen LogP contribution in [0.2, 0.25) is 0 Å². The summed E-state index contributed by atoms with van der Waals surface area (Å²) in [7, 11) is 3.33. The van der Waals surface area contributed by atoms with E-state index in [1.807, 2.05) is 35.0 Å². The maximum Gasteiger partial charge on any atom is 0.173 e. The van der Waals surface area contributed by atoms with Gasteiger partial charge >= 0.3 is 0 Å². The Morgan fingerprint density at radius 3 is 2.32 bits per heavy atom. The first-order valence-electron chi connectivity index (χ1n) is 11.6. The van der Waals surface area contributed by atoms with Crippen LogP contribution in [0, 0.1) is 5.82 Å². The molecule has 1 saturated heterocycles. The maximum atomic E-state index is 13.4. The zero-order valence-electron chi connectivity index (χ0n) is 20.5. The van der Waals surface area contributed by atoms with Crippen LogP contribution < -0.4 is 14.4 Å². The number of ether oxygens (including phenoxy) is 2. The molecule has 0 amide bonds. The number of piperazine rings is 1. The molecule has 1 fully saturated rings. The Morgan fingerprint density at radius 2 is 1.71 bits per heavy atom. The highest BCUT2D eigenvalue weighted by atomic mass is 19.1. The van der Waals surface area contributed by atoms with Gasteiger partial charge in [-0.3, -0.25) is 4.90 Å². The molecular formula is C25H33FN6O2. The summed E-state index contributed by atoms with van der Waals surface area (Å²) in [4.78, 5) is 4.65. The molecule has 0 saturated carbocycles. The Morgan fingerprint density at radius 1 is 1.00 bits per heavy atom. The molecule has 3 aromatic rings. The van der Waals surface area contributed by atoms with E-state index in [2.05, 4.69) is 46.1 Å². The lowest BCUT2D eigenvalue weighted by atomic mass is 9.98. The molecule has 0 N–H and O–H groups in total. The summed E-state index contributed by atoms with van der Waals surface area (Å²) in [5.41, 5.74) is 1.73. The lowest BCUT2D eigenvalue weighted by Gasteiger charge is -2.40. The number of hydrogen-bond acceptors (Lipinski definition) is 7. The molecule has 2 heterocycles. The average molecular weight is 469 g/mol. The SMILES string of the molecule is CCC(C)(C)n1nnnc1C(c1cc(OC)ccc1OC)N1CCN(c2ccc(F)cc2)CC1. The number of anilines is 1. The quantitative estimate of drug-likeness (QED) is 0.497. The van der Waals surface area contributed by atoms with E-state index in [4.69, 9.17) is 9.47 Å². The molecule has 9 heteroatoms. The predicted molar refractivity (Wildman–Crippen MR) is 129 cm³/mol. The van der Waals surface area contributed by atoms with Gasteiger partial charge in [-0.1, -0.05) is 6.92 Å². The van der Waals surface area contributed by atoms with Crippen LogP contribution in [0.3, 0.4) is 0 Å². The lowest BCUT2D eigenvalue weighted by Crippen LogP contribution is -2.49. The first kappa shape index (κ1) is 23.9. The topological polar surface area (TPSA) is 68.5 Å². The fourth-order valence-electron chi connectivity index (χ4n) is 4.39. The van der Waals surface area contributed by atoms with Crippen molar-refractivity contribution in [2.75, 3.05) is 45.3 Å². The van der Waals surface area contributed by atoms with E-state index >= 15 is 0 Å². The van der Waals surface area contributed by atoms with E-state index in [1.54, 1.807) is 14.2 Å². The van der Waals surface area contributed by atoms with Gasteiger partial charge in [0.05, 0.1) is 19.8 Å². The second kappa shape index (κ2) is 9.97. The first-order valence-corrected chi connectivity index (χ1v) is 11.6. The Balaban J connectivity index is 1.72. The van der Waals surface area contributed by atoms with Crippen molar-refractivity contribution >= 4 is 5.69 Å². The Bertz CT molecular complexity index is 1090. The molecular weight excluding hydrogens is 435 g/mol. The first-order chi connectivity index (χ1) is 16.4. The van der Waals surface area contributed by atoms with E-state index in [9.17, 15) is 4.39 Å². The number of rotatable bonds is 8. The highest BCUT2D eigenvalue weighted by Crippen LogP contribution is 2.38. The Labute approximate surface area is 200 Å². The highest BCUT2D eigenvalue weighted by molar-refractivity contribution is 5.48. The maximum absolute atomic E-state index is 13.4. The molecule has 0 radical (unpaired) electrons. The molecule has 4 rings (SSSR count). The van der Waals surface area contributed by atoms with Gasteiger partial charge in [0.15, 0.2) is 5.82 Å². The third-order valence-corrected chi connectivity index (χ3v) is 6.78. The van der Waals surface area contributed by atoms with Crippen LogP contribution in [-0.2, 0) is 5.54 Å². The molecule has 0 aliphatic carbocycles. The summed E-state index contributed by atoms with van der Waals surface area (Å²) < 4.78 is 26.6. The fourth-order valence-corrected chi connectivity index (χ4v) is 4.39. The van der Waals surface area contributed by atoms with Gasteiger partial charge in [0, 0.05) is 37.4 Å². The van der Waals surface area contributed by atoms with E-state index in [-0.39, 0.29) is 17.4 Å². The fraction of sp³-hybridized carbons (Fsp3) is 0.480. The van der Waals surface area contributed by atoms with Gasteiger partial charge < -0.3 is 14.4 Å². The van der Waals surface area contributed by atoms with E-state index in [1.165, 1.54) is 12.1 Å². The van der Waals surface area contributed by atoms with Crippen LogP contribution in [-0.4, -0.2) is 65.5 Å². The van der Waals surface area contributed by atoms with Crippen molar-refractivity contribution in [2.45, 2.75) is 38.8 Å². The summed E-state index contributed by atoms with van der Waals surface area (Å²) in [6.07, 6.45) is 0.880. The van der Waals surface area contributed by atoms with Crippen LogP contribution in [0.15, 0.2) is 42.5 Å². The van der Waals surface area contributed by atoms with Crippen LogP contribution >= 0.6 is 0 Å². The van der Waals surface area contributed by atoms with Crippen molar-refractivity contribution < 1.29 is 13.9 Å². The Kier molecular flexibility index (Phi) is 7.02. The van der Waals surface area contributed by atoms with Gasteiger partial charge in [0.1, 0.15) is 23.4 Å². The summed E-state index contributed by atoms with van der Waals surface area (Å²) in [6.45, 7) is 9.57. The van der Waals surface area contributed by atoms with Crippen molar-refractivity contribution in [3.05, 3.63) is 59.7 Å². The number of tetrazole rings is 1. The molecule has 1 aliphatic heterocycles. The molecule has 0 bridgehead atoms. The molecule has 34 heavy (non-hydrogen) atoms. The van der Waals surface area contributed by atoms with Crippen molar-refractivity contribution in [3.8, 4) is 11.5 Å². The highest BCUT2D eigenvalue weighted by Gasteiger charge is 2.36. The van der Waals surface area contributed by atoms with Crippen molar-refractivity contribution in [3.63, 3.8) is 0 Å². The smallest absolute Gasteiger partial charge is 0.173 e. The minimum atomic E-state index is -0.251. The van der Waals surface area contributed by atoms with Gasteiger partial charge in [-0.2, -0.15) is 0 Å². The second-order valence-corrected chi connectivity index (χ2v) is 9.12. The van der Waals surface area contributed by atoms with Gasteiger partial charge in [0.25, 0.3) is 0 Å². The average Bonchev–Trinajstić information content (AvgIpc) is 3.35. The van der Waals surface area contributed by atoms with Crippen LogP contribution in [0.4, 0.5) is 10.1 Å². The molecule has 182 valence electrons. The third-order valence-electron chi connectivity index (χ3n) is 6.78. The van der Waals surface area contributed by atoms with Crippen LogP contribution in [0.25, 0.3) is 0 Å². The third kappa shape index (κ3) is 4.70. The molecule has 1 aromatic heterocycles. The van der Waals surface area contributed by atoms with Gasteiger partial charge in [-0.15, -0.1) is 5.10 Å². The van der Waals surface area contributed by atoms with Crippen molar-refractivity contribution in [1.29, 1.82) is 0 Å². The van der Waals surface area contributed by atoms with E-state index in [0.717, 1.165) is 61.2 Å². The zero-order valence-corrected chi connectivity index (χ0v) is 20.5. The lowest BCUT2D eigenvalue weighted by molar-refractivity contribution is 0.184. The number of benzene rings is 2. The summed E-state index contributed by atoms with van der Waals surface area (Å²) in [5, 5.41) is 13.0. The minimum absolute atomic E-state index is 0.221. The monoisotopic (exact) mass is 468 g/mol. The van der Waals surface area contributed by atoms with Crippen LogP contribution in [0.5, 0.6) is 11.5 Å². The number of nitrogens with zero attached hydrogens (tertiary/aromatic N) is 6. The molecule has 1 aliphatic rings. The number of methoxy groups -OCH3 is 2. The number of hydrogen-bond donors (Lipinski definition) is 0. The van der Waals surface area contributed by atoms with Gasteiger partial charge in [-0.05, 0) is 73.2 Å². The molecule has 8 nitrogen and oxygen atoms in total. The predicted octanol–water partition coefficient (Wildman–Crippen LogP) is 3.89. The number of aromatic nitrogens is 4. The number of halogens is 1. The minimum Gasteiger partial charge on any atom is -0.497 e. The molecule has 0 spiro atoms. The summed E-state index contributed by atoms with van der Waals surface area (Å²) >= 11 is 0. The zero-order chi connectivity index (χ0) is 24.3. The summed E-state index contributed by atoms with van der Waals surface area (Å²) in [6, 6.07) is 12.3. The normalized spacial score (nSPS) is 15.9. The van der Waals surface area contributed by atoms with Gasteiger partial charge in [0.2, 0.25) is 0 Å². The summed E-state index contributed by atoms with van der Waals surface area (Å²) in [5.74, 6) is 2.06.